The summed E-state index contributed by atoms with van der Waals surface area (Å²) in [5.74, 6) is -1.70. The number of carboxylic acid groups (broad SMARTS) is 1. The Hall–Kier alpha value is -1.92. The third kappa shape index (κ3) is 3.34. The van der Waals surface area contributed by atoms with Gasteiger partial charge in [0.2, 0.25) is 5.91 Å². The standard InChI is InChI=1S/C14H18N2O4/c17-12(14(19)20)5-6-16-13(18)11-8-15-7-9-3-1-2-4-10(9)11/h1-4,11-12,15,17H,5-8H2,(H,16,18)(H,19,20). The second-order valence-corrected chi connectivity index (χ2v) is 4.82. The van der Waals surface area contributed by atoms with Gasteiger partial charge in [-0.3, -0.25) is 4.79 Å². The molecule has 0 saturated heterocycles. The van der Waals surface area contributed by atoms with E-state index in [1.165, 1.54) is 0 Å². The van der Waals surface area contributed by atoms with E-state index in [1.807, 2.05) is 24.3 Å². The Morgan fingerprint density at radius 3 is 2.90 bits per heavy atom. The number of carbonyl (C=O) groups is 2. The van der Waals surface area contributed by atoms with Crippen LogP contribution in [0.15, 0.2) is 24.3 Å². The van der Waals surface area contributed by atoms with Gasteiger partial charge in [0, 0.05) is 26.1 Å². The quantitative estimate of drug-likeness (QED) is 0.599. The van der Waals surface area contributed by atoms with Crippen molar-refractivity contribution in [2.45, 2.75) is 25.0 Å². The molecule has 0 radical (unpaired) electrons. The second kappa shape index (κ2) is 6.49. The normalized spacial score (nSPS) is 18.9. The number of nitrogens with one attached hydrogen (secondary N) is 2. The van der Waals surface area contributed by atoms with Crippen molar-refractivity contribution in [1.29, 1.82) is 0 Å². The molecule has 0 bridgehead atoms. The first-order chi connectivity index (χ1) is 9.59. The highest BCUT2D eigenvalue weighted by Gasteiger charge is 2.25. The zero-order valence-corrected chi connectivity index (χ0v) is 11.0. The van der Waals surface area contributed by atoms with Gasteiger partial charge in [0.05, 0.1) is 5.92 Å². The molecule has 1 heterocycles. The molecule has 4 N–H and O–H groups in total. The lowest BCUT2D eigenvalue weighted by Gasteiger charge is -2.25. The third-order valence-electron chi connectivity index (χ3n) is 3.41. The average molecular weight is 278 g/mol. The second-order valence-electron chi connectivity index (χ2n) is 4.82. The van der Waals surface area contributed by atoms with E-state index >= 15 is 0 Å². The van der Waals surface area contributed by atoms with Gasteiger partial charge in [0.25, 0.3) is 0 Å². The Bertz CT molecular complexity index is 504. The lowest BCUT2D eigenvalue weighted by molar-refractivity contribution is -0.147. The lowest BCUT2D eigenvalue weighted by Crippen LogP contribution is -2.40. The minimum atomic E-state index is -1.44. The molecule has 1 amide bonds. The van der Waals surface area contributed by atoms with Gasteiger partial charge in [0.1, 0.15) is 0 Å². The monoisotopic (exact) mass is 278 g/mol. The molecule has 0 aromatic heterocycles. The summed E-state index contributed by atoms with van der Waals surface area (Å²) < 4.78 is 0. The Balaban J connectivity index is 1.92. The molecule has 0 aliphatic carbocycles. The maximum Gasteiger partial charge on any atom is 0.332 e. The molecular formula is C14H18N2O4. The molecule has 2 atom stereocenters. The van der Waals surface area contributed by atoms with Gasteiger partial charge in [-0.15, -0.1) is 0 Å². The Labute approximate surface area is 116 Å². The smallest absolute Gasteiger partial charge is 0.332 e. The van der Waals surface area contributed by atoms with Crippen molar-refractivity contribution in [3.05, 3.63) is 35.4 Å². The summed E-state index contributed by atoms with van der Waals surface area (Å²) in [6.45, 7) is 1.45. The number of carbonyl (C=O) groups excluding carboxylic acids is 1. The summed E-state index contributed by atoms with van der Waals surface area (Å²) in [6, 6.07) is 7.76. The van der Waals surface area contributed by atoms with Crippen LogP contribution in [0.2, 0.25) is 0 Å². The number of aliphatic hydroxyl groups is 1. The highest BCUT2D eigenvalue weighted by Crippen LogP contribution is 2.23. The van der Waals surface area contributed by atoms with Crippen LogP contribution in [0.25, 0.3) is 0 Å². The van der Waals surface area contributed by atoms with Crippen LogP contribution >= 0.6 is 0 Å². The van der Waals surface area contributed by atoms with Gasteiger partial charge >= 0.3 is 5.97 Å². The Morgan fingerprint density at radius 2 is 2.15 bits per heavy atom. The van der Waals surface area contributed by atoms with Crippen molar-refractivity contribution in [2.24, 2.45) is 0 Å². The van der Waals surface area contributed by atoms with E-state index in [-0.39, 0.29) is 24.8 Å². The van der Waals surface area contributed by atoms with Crippen LogP contribution in [-0.4, -0.2) is 41.3 Å². The van der Waals surface area contributed by atoms with E-state index in [0.717, 1.165) is 17.7 Å². The number of amides is 1. The fourth-order valence-corrected chi connectivity index (χ4v) is 2.31. The molecule has 20 heavy (non-hydrogen) atoms. The summed E-state index contributed by atoms with van der Waals surface area (Å²) in [5, 5.41) is 23.6. The van der Waals surface area contributed by atoms with Gasteiger partial charge in [-0.1, -0.05) is 24.3 Å². The summed E-state index contributed by atoms with van der Waals surface area (Å²) in [7, 11) is 0. The number of rotatable bonds is 5. The van der Waals surface area contributed by atoms with Crippen LogP contribution in [0.5, 0.6) is 0 Å². The van der Waals surface area contributed by atoms with Gasteiger partial charge < -0.3 is 20.8 Å². The predicted octanol–water partition coefficient (Wildman–Crippen LogP) is -0.175. The molecule has 1 aliphatic heterocycles. The largest absolute Gasteiger partial charge is 0.479 e. The molecule has 0 saturated carbocycles. The van der Waals surface area contributed by atoms with Gasteiger partial charge in [0.15, 0.2) is 6.10 Å². The predicted molar refractivity (Wildman–Crippen MR) is 72.2 cm³/mol. The Morgan fingerprint density at radius 1 is 1.40 bits per heavy atom. The molecular weight excluding hydrogens is 260 g/mol. The zero-order chi connectivity index (χ0) is 14.5. The molecule has 0 fully saturated rings. The van der Waals surface area contributed by atoms with Crippen molar-refractivity contribution >= 4 is 11.9 Å². The first kappa shape index (κ1) is 14.5. The van der Waals surface area contributed by atoms with Crippen molar-refractivity contribution in [3.8, 4) is 0 Å². The van der Waals surface area contributed by atoms with Crippen molar-refractivity contribution in [1.82, 2.24) is 10.6 Å². The summed E-state index contributed by atoms with van der Waals surface area (Å²) in [6.07, 6.45) is -1.44. The molecule has 2 rings (SSSR count). The van der Waals surface area contributed by atoms with Crippen LogP contribution in [0.3, 0.4) is 0 Å². The molecule has 6 nitrogen and oxygen atoms in total. The Kier molecular flexibility index (Phi) is 4.70. The molecule has 1 aromatic carbocycles. The van der Waals surface area contributed by atoms with E-state index < -0.39 is 12.1 Å². The number of hydrogen-bond acceptors (Lipinski definition) is 4. The molecule has 2 unspecified atom stereocenters. The van der Waals surface area contributed by atoms with Crippen LogP contribution in [0.1, 0.15) is 23.5 Å². The molecule has 108 valence electrons. The highest BCUT2D eigenvalue weighted by molar-refractivity contribution is 5.84. The summed E-state index contributed by atoms with van der Waals surface area (Å²) >= 11 is 0. The number of hydrogen-bond donors (Lipinski definition) is 4. The van der Waals surface area contributed by atoms with Gasteiger partial charge in [-0.05, 0) is 11.1 Å². The number of fused-ring (bicyclic) bond motifs is 1. The van der Waals surface area contributed by atoms with E-state index in [4.69, 9.17) is 10.2 Å². The molecule has 1 aromatic rings. The maximum atomic E-state index is 12.1. The number of benzene rings is 1. The van der Waals surface area contributed by atoms with Gasteiger partial charge in [-0.25, -0.2) is 4.79 Å². The molecule has 6 heteroatoms. The van der Waals surface area contributed by atoms with Crippen molar-refractivity contribution in [2.75, 3.05) is 13.1 Å². The SMILES string of the molecule is O=C(O)C(O)CCNC(=O)C1CNCc2ccccc21. The van der Waals surface area contributed by atoms with E-state index in [2.05, 4.69) is 10.6 Å². The fourth-order valence-electron chi connectivity index (χ4n) is 2.31. The minimum Gasteiger partial charge on any atom is -0.479 e. The van der Waals surface area contributed by atoms with Gasteiger partial charge in [-0.2, -0.15) is 0 Å². The van der Waals surface area contributed by atoms with Crippen LogP contribution in [0.4, 0.5) is 0 Å². The molecule has 1 aliphatic rings. The van der Waals surface area contributed by atoms with Crippen LogP contribution in [-0.2, 0) is 16.1 Å². The number of carboxylic acids is 1. The first-order valence-electron chi connectivity index (χ1n) is 6.56. The summed E-state index contributed by atoms with van der Waals surface area (Å²) in [5.41, 5.74) is 2.10. The van der Waals surface area contributed by atoms with E-state index in [0.29, 0.717) is 6.54 Å². The van der Waals surface area contributed by atoms with Crippen LogP contribution in [0, 0.1) is 0 Å². The fraction of sp³-hybridized carbons (Fsp3) is 0.429. The third-order valence-corrected chi connectivity index (χ3v) is 3.41. The number of aliphatic hydroxyl groups excluding tert-OH is 1. The molecule has 0 spiro atoms. The highest BCUT2D eigenvalue weighted by atomic mass is 16.4. The van der Waals surface area contributed by atoms with Crippen LogP contribution < -0.4 is 10.6 Å². The maximum absolute atomic E-state index is 12.1. The van der Waals surface area contributed by atoms with Crippen molar-refractivity contribution < 1.29 is 19.8 Å². The average Bonchev–Trinajstić information content (AvgIpc) is 2.46. The van der Waals surface area contributed by atoms with E-state index in [1.54, 1.807) is 0 Å². The topological polar surface area (TPSA) is 98.7 Å². The zero-order valence-electron chi connectivity index (χ0n) is 11.0. The lowest BCUT2D eigenvalue weighted by atomic mass is 9.90. The first-order valence-corrected chi connectivity index (χ1v) is 6.56. The minimum absolute atomic E-state index is 0.00285. The summed E-state index contributed by atoms with van der Waals surface area (Å²) in [4.78, 5) is 22.6. The number of aliphatic carboxylic acids is 1. The van der Waals surface area contributed by atoms with E-state index in [9.17, 15) is 9.59 Å². The van der Waals surface area contributed by atoms with Crippen molar-refractivity contribution in [3.63, 3.8) is 0 Å².